The highest BCUT2D eigenvalue weighted by molar-refractivity contribution is 5.94. The zero-order chi connectivity index (χ0) is 14.0. The maximum Gasteiger partial charge on any atom is 0.257 e. The molecule has 2 rings (SSSR count). The van der Waals surface area contributed by atoms with Gasteiger partial charge in [0.1, 0.15) is 11.6 Å². The summed E-state index contributed by atoms with van der Waals surface area (Å²) in [5, 5.41) is 9.05. The van der Waals surface area contributed by atoms with Gasteiger partial charge in [-0.25, -0.2) is 8.78 Å². The van der Waals surface area contributed by atoms with E-state index in [0.717, 1.165) is 18.2 Å². The van der Waals surface area contributed by atoms with Crippen LogP contribution in [0.2, 0.25) is 0 Å². The molecule has 1 N–H and O–H groups in total. The number of carbonyl (C=O) groups excluding carboxylic acids is 1. The summed E-state index contributed by atoms with van der Waals surface area (Å²) >= 11 is 0. The van der Waals surface area contributed by atoms with Gasteiger partial charge in [-0.3, -0.25) is 4.79 Å². The number of ether oxygens (including phenoxy) is 1. The molecule has 1 saturated heterocycles. The average Bonchev–Trinajstić information content (AvgIpc) is 2.41. The summed E-state index contributed by atoms with van der Waals surface area (Å²) in [4.78, 5) is 13.6. The van der Waals surface area contributed by atoms with Crippen LogP contribution in [-0.2, 0) is 4.74 Å². The second-order valence-corrected chi connectivity index (χ2v) is 4.57. The first-order valence-electron chi connectivity index (χ1n) is 6.01. The van der Waals surface area contributed by atoms with Crippen molar-refractivity contribution in [2.24, 2.45) is 0 Å². The monoisotopic (exact) mass is 271 g/mol. The number of benzene rings is 1. The minimum absolute atomic E-state index is 0.159. The first-order chi connectivity index (χ1) is 9.02. The SMILES string of the molecule is CC1COC(CO)CN1C(=O)c1cc(F)ccc1F. The quantitative estimate of drug-likeness (QED) is 0.879. The van der Waals surface area contributed by atoms with Crippen molar-refractivity contribution in [2.45, 2.75) is 19.1 Å². The molecule has 0 aromatic heterocycles. The first kappa shape index (κ1) is 13.9. The van der Waals surface area contributed by atoms with E-state index >= 15 is 0 Å². The number of hydrogen-bond acceptors (Lipinski definition) is 3. The van der Waals surface area contributed by atoms with Gasteiger partial charge in [-0.05, 0) is 25.1 Å². The summed E-state index contributed by atoms with van der Waals surface area (Å²) < 4.78 is 32.0. The Morgan fingerprint density at radius 2 is 2.26 bits per heavy atom. The Bertz CT molecular complexity index is 481. The minimum atomic E-state index is -0.759. The van der Waals surface area contributed by atoms with E-state index in [-0.39, 0.29) is 31.4 Å². The fourth-order valence-corrected chi connectivity index (χ4v) is 2.03. The summed E-state index contributed by atoms with van der Waals surface area (Å²) in [6.07, 6.45) is -0.489. The molecule has 104 valence electrons. The minimum Gasteiger partial charge on any atom is -0.394 e. The fourth-order valence-electron chi connectivity index (χ4n) is 2.03. The lowest BCUT2D eigenvalue weighted by atomic mass is 10.1. The predicted octanol–water partition coefficient (Wildman–Crippen LogP) is 1.19. The average molecular weight is 271 g/mol. The Morgan fingerprint density at radius 3 is 2.95 bits per heavy atom. The van der Waals surface area contributed by atoms with E-state index in [2.05, 4.69) is 0 Å². The van der Waals surface area contributed by atoms with Crippen LogP contribution in [0.5, 0.6) is 0 Å². The van der Waals surface area contributed by atoms with Crippen LogP contribution in [0.3, 0.4) is 0 Å². The van der Waals surface area contributed by atoms with Gasteiger partial charge in [0.25, 0.3) is 5.91 Å². The van der Waals surface area contributed by atoms with E-state index in [1.165, 1.54) is 4.90 Å². The molecular weight excluding hydrogens is 256 g/mol. The van der Waals surface area contributed by atoms with E-state index in [1.807, 2.05) is 0 Å². The first-order valence-corrected chi connectivity index (χ1v) is 6.01. The number of halogens is 2. The maximum absolute atomic E-state index is 13.6. The number of amides is 1. The highest BCUT2D eigenvalue weighted by atomic mass is 19.1. The van der Waals surface area contributed by atoms with Gasteiger partial charge >= 0.3 is 0 Å². The molecule has 1 aromatic carbocycles. The molecule has 6 heteroatoms. The maximum atomic E-state index is 13.6. The molecule has 1 fully saturated rings. The smallest absolute Gasteiger partial charge is 0.257 e. The molecule has 1 aliphatic heterocycles. The normalized spacial score (nSPS) is 23.5. The van der Waals surface area contributed by atoms with Crippen molar-refractivity contribution in [1.29, 1.82) is 0 Å². The van der Waals surface area contributed by atoms with Gasteiger partial charge in [-0.2, -0.15) is 0 Å². The Hall–Kier alpha value is -1.53. The standard InChI is InChI=1S/C13H15F2NO3/c1-8-7-19-10(6-17)5-16(8)13(18)11-4-9(14)2-3-12(11)15/h2-4,8,10,17H,5-7H2,1H3. The van der Waals surface area contributed by atoms with Gasteiger partial charge < -0.3 is 14.7 Å². The van der Waals surface area contributed by atoms with Crippen LogP contribution in [-0.4, -0.2) is 47.8 Å². The molecule has 19 heavy (non-hydrogen) atoms. The van der Waals surface area contributed by atoms with Crippen LogP contribution in [0.25, 0.3) is 0 Å². The van der Waals surface area contributed by atoms with Gasteiger partial charge in [0, 0.05) is 6.54 Å². The number of morpholine rings is 1. The van der Waals surface area contributed by atoms with Crippen molar-refractivity contribution in [3.63, 3.8) is 0 Å². The lowest BCUT2D eigenvalue weighted by Gasteiger charge is -2.37. The number of aliphatic hydroxyl groups is 1. The number of rotatable bonds is 2. The molecule has 0 radical (unpaired) electrons. The van der Waals surface area contributed by atoms with Gasteiger partial charge in [0.2, 0.25) is 0 Å². The Morgan fingerprint density at radius 1 is 1.53 bits per heavy atom. The summed E-state index contributed by atoms with van der Waals surface area (Å²) in [6, 6.07) is 2.52. The molecule has 0 aliphatic carbocycles. The number of nitrogens with zero attached hydrogens (tertiary/aromatic N) is 1. The molecule has 0 bridgehead atoms. The molecule has 0 saturated carbocycles. The molecule has 4 nitrogen and oxygen atoms in total. The van der Waals surface area contributed by atoms with Gasteiger partial charge in [0.05, 0.1) is 30.9 Å². The Labute approximate surface area is 109 Å². The predicted molar refractivity (Wildman–Crippen MR) is 63.7 cm³/mol. The summed E-state index contributed by atoms with van der Waals surface area (Å²) in [5.41, 5.74) is -0.301. The Balaban J connectivity index is 2.24. The molecular formula is C13H15F2NO3. The zero-order valence-electron chi connectivity index (χ0n) is 10.5. The summed E-state index contributed by atoms with van der Waals surface area (Å²) in [6.45, 7) is 1.95. The van der Waals surface area contributed by atoms with Crippen LogP contribution in [0.15, 0.2) is 18.2 Å². The van der Waals surface area contributed by atoms with Crippen LogP contribution in [0.4, 0.5) is 8.78 Å². The van der Waals surface area contributed by atoms with E-state index < -0.39 is 23.6 Å². The van der Waals surface area contributed by atoms with Crippen molar-refractivity contribution in [3.8, 4) is 0 Å². The third kappa shape index (κ3) is 2.90. The molecule has 1 heterocycles. The van der Waals surface area contributed by atoms with Crippen LogP contribution < -0.4 is 0 Å². The van der Waals surface area contributed by atoms with Crippen LogP contribution >= 0.6 is 0 Å². The number of carbonyl (C=O) groups is 1. The molecule has 2 atom stereocenters. The topological polar surface area (TPSA) is 49.8 Å². The Kier molecular flexibility index (Phi) is 4.11. The third-order valence-electron chi connectivity index (χ3n) is 3.13. The van der Waals surface area contributed by atoms with E-state index in [0.29, 0.717) is 0 Å². The van der Waals surface area contributed by atoms with Crippen LogP contribution in [0, 0.1) is 11.6 Å². The largest absolute Gasteiger partial charge is 0.394 e. The van der Waals surface area contributed by atoms with E-state index in [9.17, 15) is 13.6 Å². The van der Waals surface area contributed by atoms with E-state index in [4.69, 9.17) is 9.84 Å². The third-order valence-corrected chi connectivity index (χ3v) is 3.13. The summed E-state index contributed by atoms with van der Waals surface area (Å²) in [7, 11) is 0. The van der Waals surface area contributed by atoms with Crippen molar-refractivity contribution < 1.29 is 23.4 Å². The van der Waals surface area contributed by atoms with Crippen molar-refractivity contribution in [3.05, 3.63) is 35.4 Å². The van der Waals surface area contributed by atoms with Crippen molar-refractivity contribution in [2.75, 3.05) is 19.8 Å². The highest BCUT2D eigenvalue weighted by Gasteiger charge is 2.31. The van der Waals surface area contributed by atoms with Gasteiger partial charge in [-0.1, -0.05) is 0 Å². The second-order valence-electron chi connectivity index (χ2n) is 4.57. The fraction of sp³-hybridized carbons (Fsp3) is 0.462. The van der Waals surface area contributed by atoms with Crippen molar-refractivity contribution in [1.82, 2.24) is 4.90 Å². The molecule has 1 aromatic rings. The number of aliphatic hydroxyl groups excluding tert-OH is 1. The lowest BCUT2D eigenvalue weighted by Crippen LogP contribution is -2.52. The lowest BCUT2D eigenvalue weighted by molar-refractivity contribution is -0.0668. The highest BCUT2D eigenvalue weighted by Crippen LogP contribution is 2.18. The van der Waals surface area contributed by atoms with E-state index in [1.54, 1.807) is 6.92 Å². The number of hydrogen-bond donors (Lipinski definition) is 1. The molecule has 0 spiro atoms. The van der Waals surface area contributed by atoms with Gasteiger partial charge in [0.15, 0.2) is 0 Å². The molecule has 2 unspecified atom stereocenters. The van der Waals surface area contributed by atoms with Crippen molar-refractivity contribution >= 4 is 5.91 Å². The molecule has 1 aliphatic rings. The zero-order valence-corrected chi connectivity index (χ0v) is 10.5. The van der Waals surface area contributed by atoms with Crippen LogP contribution in [0.1, 0.15) is 17.3 Å². The second kappa shape index (κ2) is 5.63. The summed E-state index contributed by atoms with van der Waals surface area (Å²) in [5.74, 6) is -2.01. The van der Waals surface area contributed by atoms with Gasteiger partial charge in [-0.15, -0.1) is 0 Å². The molecule has 1 amide bonds.